The van der Waals surface area contributed by atoms with Gasteiger partial charge in [-0.3, -0.25) is 14.9 Å². The van der Waals surface area contributed by atoms with Crippen LogP contribution in [0.25, 0.3) is 5.82 Å². The Labute approximate surface area is 136 Å². The van der Waals surface area contributed by atoms with E-state index in [4.69, 9.17) is 0 Å². The highest BCUT2D eigenvalue weighted by molar-refractivity contribution is 6.04. The van der Waals surface area contributed by atoms with Crippen LogP contribution in [0.1, 0.15) is 15.9 Å². The number of pyridine rings is 1. The summed E-state index contributed by atoms with van der Waals surface area (Å²) in [5.41, 5.74) is 1.11. The second-order valence-corrected chi connectivity index (χ2v) is 5.07. The number of aromatic nitrogens is 3. The van der Waals surface area contributed by atoms with Crippen LogP contribution in [0.15, 0.2) is 55.0 Å². The summed E-state index contributed by atoms with van der Waals surface area (Å²) in [4.78, 5) is 26.9. The van der Waals surface area contributed by atoms with Crippen LogP contribution in [0, 0.1) is 17.0 Å². The van der Waals surface area contributed by atoms with E-state index in [0.29, 0.717) is 17.1 Å². The topological polar surface area (TPSA) is 103 Å². The number of amides is 1. The molecule has 0 radical (unpaired) electrons. The van der Waals surface area contributed by atoms with E-state index in [1.807, 2.05) is 0 Å². The number of hydrogen-bond donors (Lipinski definition) is 1. The predicted molar refractivity (Wildman–Crippen MR) is 87.1 cm³/mol. The van der Waals surface area contributed by atoms with E-state index in [1.54, 1.807) is 54.3 Å². The number of nitro groups is 1. The van der Waals surface area contributed by atoms with Gasteiger partial charge in [0.15, 0.2) is 5.82 Å². The van der Waals surface area contributed by atoms with Crippen molar-refractivity contribution in [3.05, 3.63) is 76.2 Å². The highest BCUT2D eigenvalue weighted by Crippen LogP contribution is 2.20. The summed E-state index contributed by atoms with van der Waals surface area (Å²) < 4.78 is 1.59. The number of carbonyl (C=O) groups excluding carboxylic acids is 1. The number of aryl methyl sites for hydroxylation is 1. The molecule has 24 heavy (non-hydrogen) atoms. The molecule has 8 heteroatoms. The van der Waals surface area contributed by atoms with Gasteiger partial charge in [0, 0.05) is 29.6 Å². The first kappa shape index (κ1) is 15.3. The number of nitrogens with zero attached hydrogens (tertiary/aromatic N) is 4. The summed E-state index contributed by atoms with van der Waals surface area (Å²) >= 11 is 0. The lowest BCUT2D eigenvalue weighted by Gasteiger charge is -2.07. The zero-order chi connectivity index (χ0) is 17.1. The highest BCUT2D eigenvalue weighted by atomic mass is 16.6. The zero-order valence-electron chi connectivity index (χ0n) is 12.7. The average molecular weight is 323 g/mol. The summed E-state index contributed by atoms with van der Waals surface area (Å²) in [6, 6.07) is 9.53. The molecule has 0 aliphatic rings. The number of rotatable bonds is 4. The van der Waals surface area contributed by atoms with Crippen molar-refractivity contribution in [1.82, 2.24) is 14.8 Å². The van der Waals surface area contributed by atoms with Crippen molar-refractivity contribution >= 4 is 17.3 Å². The van der Waals surface area contributed by atoms with E-state index in [9.17, 15) is 14.9 Å². The summed E-state index contributed by atoms with van der Waals surface area (Å²) in [5, 5.41) is 17.7. The van der Waals surface area contributed by atoms with E-state index in [2.05, 4.69) is 15.4 Å². The third-order valence-corrected chi connectivity index (χ3v) is 3.41. The van der Waals surface area contributed by atoms with Crippen molar-refractivity contribution in [3.8, 4) is 5.82 Å². The van der Waals surface area contributed by atoms with Crippen LogP contribution in [0.5, 0.6) is 0 Å². The minimum Gasteiger partial charge on any atom is -0.321 e. The number of carbonyl (C=O) groups is 1. The van der Waals surface area contributed by atoms with Crippen LogP contribution in [-0.4, -0.2) is 25.6 Å². The molecule has 0 unspecified atom stereocenters. The van der Waals surface area contributed by atoms with E-state index >= 15 is 0 Å². The van der Waals surface area contributed by atoms with Crippen molar-refractivity contribution in [3.63, 3.8) is 0 Å². The Hall–Kier alpha value is -3.55. The lowest BCUT2D eigenvalue weighted by Crippen LogP contribution is -2.13. The van der Waals surface area contributed by atoms with Crippen LogP contribution < -0.4 is 5.32 Å². The van der Waals surface area contributed by atoms with Gasteiger partial charge in [0.05, 0.1) is 16.8 Å². The van der Waals surface area contributed by atoms with Crippen LogP contribution in [0.3, 0.4) is 0 Å². The molecule has 0 atom stereocenters. The molecule has 2 aromatic heterocycles. The molecular formula is C16H13N5O3. The fourth-order valence-electron chi connectivity index (χ4n) is 2.15. The number of hydrogen-bond acceptors (Lipinski definition) is 5. The van der Waals surface area contributed by atoms with Crippen molar-refractivity contribution in [2.75, 3.05) is 5.32 Å². The predicted octanol–water partition coefficient (Wildman–Crippen LogP) is 2.74. The molecule has 1 aromatic carbocycles. The molecule has 0 aliphatic heterocycles. The van der Waals surface area contributed by atoms with Gasteiger partial charge in [0.25, 0.3) is 11.6 Å². The van der Waals surface area contributed by atoms with Crippen molar-refractivity contribution in [1.29, 1.82) is 0 Å². The maximum atomic E-state index is 12.2. The molecule has 8 nitrogen and oxygen atoms in total. The highest BCUT2D eigenvalue weighted by Gasteiger charge is 2.15. The Morgan fingerprint density at radius 2 is 2.12 bits per heavy atom. The summed E-state index contributed by atoms with van der Waals surface area (Å²) in [5.74, 6) is 0.177. The minimum absolute atomic E-state index is 0.0881. The smallest absolute Gasteiger partial charge is 0.273 e. The van der Waals surface area contributed by atoms with Crippen molar-refractivity contribution in [2.24, 2.45) is 0 Å². The molecular weight excluding hydrogens is 310 g/mol. The SMILES string of the molecule is Cc1ccc(C(=O)Nc2ccc(-n3cccn3)nc2)cc1[N+](=O)[O-]. The molecule has 0 saturated heterocycles. The first-order valence-corrected chi connectivity index (χ1v) is 7.07. The van der Waals surface area contributed by atoms with Crippen LogP contribution in [0.2, 0.25) is 0 Å². The zero-order valence-corrected chi connectivity index (χ0v) is 12.7. The number of nitro benzene ring substituents is 1. The maximum absolute atomic E-state index is 12.2. The van der Waals surface area contributed by atoms with Gasteiger partial charge in [-0.25, -0.2) is 9.67 Å². The molecule has 2 heterocycles. The number of benzene rings is 1. The molecule has 0 saturated carbocycles. The quantitative estimate of drug-likeness (QED) is 0.587. The molecule has 120 valence electrons. The van der Waals surface area contributed by atoms with Crippen LogP contribution >= 0.6 is 0 Å². The van der Waals surface area contributed by atoms with Crippen LogP contribution in [-0.2, 0) is 0 Å². The van der Waals surface area contributed by atoms with E-state index in [-0.39, 0.29) is 11.3 Å². The Bertz CT molecular complexity index is 889. The lowest BCUT2D eigenvalue weighted by molar-refractivity contribution is -0.385. The number of nitrogens with one attached hydrogen (secondary N) is 1. The fourth-order valence-corrected chi connectivity index (χ4v) is 2.15. The van der Waals surface area contributed by atoms with Crippen molar-refractivity contribution in [2.45, 2.75) is 6.92 Å². The molecule has 3 rings (SSSR count). The Morgan fingerprint density at radius 3 is 2.75 bits per heavy atom. The Kier molecular flexibility index (Phi) is 4.02. The molecule has 0 spiro atoms. The second kappa shape index (κ2) is 6.29. The van der Waals surface area contributed by atoms with Gasteiger partial charge in [-0.1, -0.05) is 6.07 Å². The molecule has 1 amide bonds. The standard InChI is InChI=1S/C16H13N5O3/c1-11-3-4-12(9-14(11)21(23)24)16(22)19-13-5-6-15(17-10-13)20-8-2-7-18-20/h2-10H,1H3,(H,19,22). The van der Waals surface area contributed by atoms with Gasteiger partial charge >= 0.3 is 0 Å². The summed E-state index contributed by atoms with van der Waals surface area (Å²) in [6.45, 7) is 1.62. The first-order chi connectivity index (χ1) is 11.5. The molecule has 1 N–H and O–H groups in total. The normalized spacial score (nSPS) is 10.4. The first-order valence-electron chi connectivity index (χ1n) is 7.07. The summed E-state index contributed by atoms with van der Waals surface area (Å²) in [6.07, 6.45) is 4.89. The fraction of sp³-hybridized carbons (Fsp3) is 0.0625. The second-order valence-electron chi connectivity index (χ2n) is 5.07. The largest absolute Gasteiger partial charge is 0.321 e. The lowest BCUT2D eigenvalue weighted by atomic mass is 10.1. The van der Waals surface area contributed by atoms with Gasteiger partial charge < -0.3 is 5.32 Å². The third kappa shape index (κ3) is 3.12. The molecule has 0 fully saturated rings. The third-order valence-electron chi connectivity index (χ3n) is 3.41. The van der Waals surface area contributed by atoms with Gasteiger partial charge in [-0.2, -0.15) is 5.10 Å². The Morgan fingerprint density at radius 1 is 1.29 bits per heavy atom. The van der Waals surface area contributed by atoms with E-state index in [0.717, 1.165) is 0 Å². The van der Waals surface area contributed by atoms with E-state index in [1.165, 1.54) is 12.3 Å². The maximum Gasteiger partial charge on any atom is 0.273 e. The monoisotopic (exact) mass is 323 g/mol. The van der Waals surface area contributed by atoms with Crippen molar-refractivity contribution < 1.29 is 9.72 Å². The van der Waals surface area contributed by atoms with Crippen LogP contribution in [0.4, 0.5) is 11.4 Å². The molecule has 0 bridgehead atoms. The Balaban J connectivity index is 1.77. The van der Waals surface area contributed by atoms with E-state index < -0.39 is 10.8 Å². The van der Waals surface area contributed by atoms with Gasteiger partial charge in [0.1, 0.15) is 0 Å². The average Bonchev–Trinajstić information content (AvgIpc) is 3.10. The summed E-state index contributed by atoms with van der Waals surface area (Å²) in [7, 11) is 0. The molecule has 0 aliphatic carbocycles. The minimum atomic E-state index is -0.507. The van der Waals surface area contributed by atoms with Gasteiger partial charge in [0.2, 0.25) is 0 Å². The number of anilines is 1. The van der Waals surface area contributed by atoms with Gasteiger partial charge in [-0.05, 0) is 31.2 Å². The molecule has 3 aromatic rings. The van der Waals surface area contributed by atoms with Gasteiger partial charge in [-0.15, -0.1) is 0 Å².